The van der Waals surface area contributed by atoms with Crippen molar-refractivity contribution < 1.29 is 32.5 Å². The van der Waals surface area contributed by atoms with Crippen LogP contribution < -0.4 is 4.74 Å². The van der Waals surface area contributed by atoms with Gasteiger partial charge in [0.2, 0.25) is 5.88 Å². The molecule has 1 spiro atoms. The molecule has 8 heteroatoms. The van der Waals surface area contributed by atoms with Crippen LogP contribution in [0.4, 0.5) is 17.6 Å². The van der Waals surface area contributed by atoms with Gasteiger partial charge in [0, 0.05) is 17.5 Å². The Kier molecular flexibility index (Phi) is 6.08. The quantitative estimate of drug-likeness (QED) is 0.384. The molecule has 2 heterocycles. The standard InChI is InChI=1S/C28H27F4NO3/c1-15(2)24-23(25(35)17-4-8-18(9-5-17)28(30,31)32)21(16-6-10-19(29)11-7-16)22-20(34)14-27(12-3-13-27)36-26(22)33-24/h4-11,15,20,25,34-35H,3,12-14H2,1-2H3/t20-,25?/m0/s1. The molecule has 2 aromatic carbocycles. The van der Waals surface area contributed by atoms with Gasteiger partial charge in [-0.2, -0.15) is 13.2 Å². The highest BCUT2D eigenvalue weighted by molar-refractivity contribution is 5.76. The van der Waals surface area contributed by atoms with Crippen LogP contribution in [0.15, 0.2) is 48.5 Å². The number of benzene rings is 2. The van der Waals surface area contributed by atoms with Crippen LogP contribution >= 0.6 is 0 Å². The number of aromatic nitrogens is 1. The molecule has 36 heavy (non-hydrogen) atoms. The Hall–Kier alpha value is -2.97. The third-order valence-corrected chi connectivity index (χ3v) is 7.25. The molecule has 1 unspecified atom stereocenters. The average Bonchev–Trinajstić information content (AvgIpc) is 2.81. The molecule has 0 radical (unpaired) electrons. The van der Waals surface area contributed by atoms with Crippen LogP contribution in [0.25, 0.3) is 11.1 Å². The Morgan fingerprint density at radius 3 is 2.19 bits per heavy atom. The number of halogens is 4. The van der Waals surface area contributed by atoms with Gasteiger partial charge in [-0.05, 0) is 60.6 Å². The lowest BCUT2D eigenvalue weighted by Gasteiger charge is -2.47. The molecule has 2 aliphatic rings. The number of pyridine rings is 1. The van der Waals surface area contributed by atoms with Crippen molar-refractivity contribution in [3.05, 3.63) is 82.3 Å². The van der Waals surface area contributed by atoms with Gasteiger partial charge in [-0.3, -0.25) is 0 Å². The lowest BCUT2D eigenvalue weighted by Crippen LogP contribution is -2.47. The summed E-state index contributed by atoms with van der Waals surface area (Å²) in [6.07, 6.45) is -3.79. The maximum atomic E-state index is 13.8. The highest BCUT2D eigenvalue weighted by atomic mass is 19.4. The number of hydrogen-bond donors (Lipinski definition) is 2. The minimum absolute atomic E-state index is 0.186. The molecule has 5 rings (SSSR count). The van der Waals surface area contributed by atoms with Gasteiger partial charge in [0.1, 0.15) is 17.5 Å². The van der Waals surface area contributed by atoms with E-state index in [0.717, 1.165) is 31.4 Å². The SMILES string of the molecule is CC(C)c1nc2c(c(-c3ccc(F)cc3)c1C(O)c1ccc(C(F)(F)F)cc1)[C@@H](O)CC1(CCC1)O2. The highest BCUT2D eigenvalue weighted by Crippen LogP contribution is 2.53. The summed E-state index contributed by atoms with van der Waals surface area (Å²) < 4.78 is 59.5. The number of hydrogen-bond acceptors (Lipinski definition) is 4. The fourth-order valence-electron chi connectivity index (χ4n) is 5.24. The van der Waals surface area contributed by atoms with Gasteiger partial charge >= 0.3 is 6.18 Å². The zero-order valence-electron chi connectivity index (χ0n) is 19.9. The maximum absolute atomic E-state index is 13.8. The molecule has 0 bridgehead atoms. The Morgan fingerprint density at radius 1 is 1.03 bits per heavy atom. The van der Waals surface area contributed by atoms with E-state index in [2.05, 4.69) is 0 Å². The lowest BCUT2D eigenvalue weighted by atomic mass is 9.72. The number of nitrogens with zero attached hydrogens (tertiary/aromatic N) is 1. The van der Waals surface area contributed by atoms with Crippen LogP contribution in [-0.4, -0.2) is 20.8 Å². The summed E-state index contributed by atoms with van der Waals surface area (Å²) in [7, 11) is 0. The Bertz CT molecular complexity index is 1270. The first-order valence-corrected chi connectivity index (χ1v) is 12.0. The third-order valence-electron chi connectivity index (χ3n) is 7.25. The van der Waals surface area contributed by atoms with E-state index in [1.807, 2.05) is 13.8 Å². The van der Waals surface area contributed by atoms with E-state index in [1.165, 1.54) is 24.3 Å². The summed E-state index contributed by atoms with van der Waals surface area (Å²) in [5.41, 5.74) is 1.25. The number of fused-ring (bicyclic) bond motifs is 1. The van der Waals surface area contributed by atoms with Gasteiger partial charge in [-0.15, -0.1) is 0 Å². The molecule has 3 aromatic rings. The molecular formula is C28H27F4NO3. The highest BCUT2D eigenvalue weighted by Gasteiger charge is 2.47. The first-order chi connectivity index (χ1) is 17.0. The second kappa shape index (κ2) is 8.85. The normalized spacial score (nSPS) is 19.5. The Balaban J connectivity index is 1.74. The Labute approximate surface area is 206 Å². The van der Waals surface area contributed by atoms with Gasteiger partial charge in [-0.25, -0.2) is 9.37 Å². The van der Waals surface area contributed by atoms with Crippen molar-refractivity contribution in [3.8, 4) is 17.0 Å². The third kappa shape index (κ3) is 4.26. The number of rotatable bonds is 4. The van der Waals surface area contributed by atoms with E-state index >= 15 is 0 Å². The molecule has 1 fully saturated rings. The predicted octanol–water partition coefficient (Wildman–Crippen LogP) is 6.85. The van der Waals surface area contributed by atoms with Crippen LogP contribution in [0.5, 0.6) is 5.88 Å². The van der Waals surface area contributed by atoms with E-state index in [4.69, 9.17) is 9.72 Å². The van der Waals surface area contributed by atoms with Gasteiger partial charge < -0.3 is 14.9 Å². The summed E-state index contributed by atoms with van der Waals surface area (Å²) in [5.74, 6) is -0.339. The van der Waals surface area contributed by atoms with Gasteiger partial charge in [-0.1, -0.05) is 38.1 Å². The van der Waals surface area contributed by atoms with Gasteiger partial charge in [0.05, 0.1) is 22.9 Å². The summed E-state index contributed by atoms with van der Waals surface area (Å²) in [4.78, 5) is 4.75. The van der Waals surface area contributed by atoms with E-state index in [-0.39, 0.29) is 11.5 Å². The first-order valence-electron chi connectivity index (χ1n) is 12.0. The first kappa shape index (κ1) is 24.7. The van der Waals surface area contributed by atoms with Crippen LogP contribution in [0, 0.1) is 5.82 Å². The van der Waals surface area contributed by atoms with Crippen LogP contribution in [0.2, 0.25) is 0 Å². The molecule has 190 valence electrons. The van der Waals surface area contributed by atoms with Crippen molar-refractivity contribution in [2.45, 2.75) is 69.4 Å². The van der Waals surface area contributed by atoms with Crippen LogP contribution in [-0.2, 0) is 6.18 Å². The zero-order chi connectivity index (χ0) is 25.8. The summed E-state index contributed by atoms with van der Waals surface area (Å²) in [5, 5.41) is 22.8. The molecule has 4 nitrogen and oxygen atoms in total. The predicted molar refractivity (Wildman–Crippen MR) is 126 cm³/mol. The smallest absolute Gasteiger partial charge is 0.416 e. The number of aliphatic hydroxyl groups excluding tert-OH is 2. The number of alkyl halides is 3. The minimum atomic E-state index is -4.50. The van der Waals surface area contributed by atoms with Crippen molar-refractivity contribution >= 4 is 0 Å². The fraction of sp³-hybridized carbons (Fsp3) is 0.393. The van der Waals surface area contributed by atoms with Crippen molar-refractivity contribution in [2.75, 3.05) is 0 Å². The second-order valence-electron chi connectivity index (χ2n) is 10.0. The van der Waals surface area contributed by atoms with E-state index in [1.54, 1.807) is 12.1 Å². The summed E-state index contributed by atoms with van der Waals surface area (Å²) >= 11 is 0. The second-order valence-corrected chi connectivity index (χ2v) is 10.0. The molecule has 1 saturated carbocycles. The summed E-state index contributed by atoms with van der Waals surface area (Å²) in [6, 6.07) is 10.0. The van der Waals surface area contributed by atoms with E-state index in [9.17, 15) is 27.8 Å². The molecule has 1 aliphatic heterocycles. The minimum Gasteiger partial charge on any atom is -0.471 e. The maximum Gasteiger partial charge on any atom is 0.416 e. The summed E-state index contributed by atoms with van der Waals surface area (Å²) in [6.45, 7) is 3.79. The number of ether oxygens (including phenoxy) is 1. The average molecular weight is 502 g/mol. The molecule has 1 aromatic heterocycles. The van der Waals surface area contributed by atoms with Crippen molar-refractivity contribution in [1.82, 2.24) is 4.98 Å². The van der Waals surface area contributed by atoms with Gasteiger partial charge in [0.15, 0.2) is 0 Å². The monoisotopic (exact) mass is 501 g/mol. The molecule has 1 aliphatic carbocycles. The van der Waals surface area contributed by atoms with Crippen LogP contribution in [0.3, 0.4) is 0 Å². The van der Waals surface area contributed by atoms with Crippen molar-refractivity contribution in [3.63, 3.8) is 0 Å². The lowest BCUT2D eigenvalue weighted by molar-refractivity contribution is -0.137. The largest absolute Gasteiger partial charge is 0.471 e. The molecule has 2 atom stereocenters. The van der Waals surface area contributed by atoms with Crippen LogP contribution in [0.1, 0.15) is 85.6 Å². The topological polar surface area (TPSA) is 62.6 Å². The van der Waals surface area contributed by atoms with E-state index < -0.39 is 35.4 Å². The number of aliphatic hydroxyl groups is 2. The van der Waals surface area contributed by atoms with Gasteiger partial charge in [0.25, 0.3) is 0 Å². The molecule has 0 amide bonds. The van der Waals surface area contributed by atoms with Crippen molar-refractivity contribution in [1.29, 1.82) is 0 Å². The van der Waals surface area contributed by atoms with E-state index in [0.29, 0.717) is 40.2 Å². The fourth-order valence-corrected chi connectivity index (χ4v) is 5.24. The molecule has 2 N–H and O–H groups in total. The Morgan fingerprint density at radius 2 is 1.67 bits per heavy atom. The zero-order valence-corrected chi connectivity index (χ0v) is 19.9. The molecular weight excluding hydrogens is 474 g/mol. The molecule has 0 saturated heterocycles. The van der Waals surface area contributed by atoms with Crippen molar-refractivity contribution in [2.24, 2.45) is 0 Å².